The molecule has 0 spiro atoms. The minimum atomic E-state index is -1.02. The van der Waals surface area contributed by atoms with Crippen LogP contribution in [-0.4, -0.2) is 65.4 Å². The predicted molar refractivity (Wildman–Crippen MR) is 142 cm³/mol. The van der Waals surface area contributed by atoms with Crippen molar-refractivity contribution >= 4 is 36.5 Å². The summed E-state index contributed by atoms with van der Waals surface area (Å²) in [6, 6.07) is 4.96. The van der Waals surface area contributed by atoms with E-state index in [1.807, 2.05) is 32.9 Å². The lowest BCUT2D eigenvalue weighted by Gasteiger charge is -2.38. The van der Waals surface area contributed by atoms with Crippen LogP contribution in [0.4, 0.5) is 4.79 Å². The van der Waals surface area contributed by atoms with Gasteiger partial charge in [0, 0.05) is 18.3 Å². The molecule has 36 heavy (non-hydrogen) atoms. The first-order valence-electron chi connectivity index (χ1n) is 12.3. The Morgan fingerprint density at radius 3 is 2.28 bits per heavy atom. The Labute approximate surface area is 220 Å². The van der Waals surface area contributed by atoms with E-state index in [0.29, 0.717) is 12.0 Å². The van der Waals surface area contributed by atoms with Gasteiger partial charge in [0.05, 0.1) is 13.0 Å². The van der Waals surface area contributed by atoms with E-state index in [0.717, 1.165) is 5.56 Å². The van der Waals surface area contributed by atoms with E-state index in [-0.39, 0.29) is 31.4 Å². The van der Waals surface area contributed by atoms with Gasteiger partial charge in [0.2, 0.25) is 11.8 Å². The van der Waals surface area contributed by atoms with Crippen molar-refractivity contribution in [2.24, 2.45) is 0 Å². The average Bonchev–Trinajstić information content (AvgIpc) is 2.79. The fourth-order valence-electron chi connectivity index (χ4n) is 3.54. The molecule has 0 saturated heterocycles. The molecule has 9 nitrogen and oxygen atoms in total. The van der Waals surface area contributed by atoms with E-state index >= 15 is 0 Å². The van der Waals surface area contributed by atoms with Gasteiger partial charge in [0.25, 0.3) is 0 Å². The maximum absolute atomic E-state index is 13.8. The number of rotatable bonds is 12. The number of nitrogens with zero attached hydrogens (tertiary/aromatic N) is 1. The molecule has 1 aromatic rings. The van der Waals surface area contributed by atoms with E-state index in [1.54, 1.807) is 39.8 Å². The molecule has 0 bridgehead atoms. The third kappa shape index (κ3) is 9.72. The SMILES string of the molecule is CCOC(=O)CCNC(=O)C(c1ccccc1C)N(C(=O)C(CS)NC(=O)OC(C)(C)C)C(C)CC. The van der Waals surface area contributed by atoms with E-state index < -0.39 is 41.6 Å². The highest BCUT2D eigenvalue weighted by Gasteiger charge is 2.38. The fraction of sp³-hybridized carbons (Fsp3) is 0.615. The van der Waals surface area contributed by atoms with Crippen molar-refractivity contribution in [1.82, 2.24) is 15.5 Å². The molecule has 3 amide bonds. The van der Waals surface area contributed by atoms with Crippen LogP contribution in [0, 0.1) is 6.92 Å². The first-order chi connectivity index (χ1) is 16.9. The highest BCUT2D eigenvalue weighted by molar-refractivity contribution is 7.80. The summed E-state index contributed by atoms with van der Waals surface area (Å²) >= 11 is 4.29. The molecule has 1 aromatic carbocycles. The van der Waals surface area contributed by atoms with Gasteiger partial charge in [-0.3, -0.25) is 14.4 Å². The van der Waals surface area contributed by atoms with Crippen LogP contribution >= 0.6 is 12.6 Å². The minimum Gasteiger partial charge on any atom is -0.466 e. The number of carbonyl (C=O) groups is 4. The summed E-state index contributed by atoms with van der Waals surface area (Å²) < 4.78 is 10.2. The number of nitrogens with one attached hydrogen (secondary N) is 2. The summed E-state index contributed by atoms with van der Waals surface area (Å²) in [5, 5.41) is 5.37. The van der Waals surface area contributed by atoms with E-state index in [2.05, 4.69) is 23.3 Å². The lowest BCUT2D eigenvalue weighted by molar-refractivity contribution is -0.145. The Morgan fingerprint density at radius 2 is 1.75 bits per heavy atom. The summed E-state index contributed by atoms with van der Waals surface area (Å²) in [5.41, 5.74) is 0.731. The fourth-order valence-corrected chi connectivity index (χ4v) is 3.79. The van der Waals surface area contributed by atoms with E-state index in [9.17, 15) is 19.2 Å². The van der Waals surface area contributed by atoms with Crippen molar-refractivity contribution in [3.8, 4) is 0 Å². The number of esters is 1. The first kappa shape index (κ1) is 31.3. The second kappa shape index (κ2) is 14.7. The summed E-state index contributed by atoms with van der Waals surface area (Å²) in [7, 11) is 0. The van der Waals surface area contributed by atoms with Gasteiger partial charge in [0.15, 0.2) is 0 Å². The quantitative estimate of drug-likeness (QED) is 0.285. The Morgan fingerprint density at radius 1 is 1.11 bits per heavy atom. The third-order valence-corrected chi connectivity index (χ3v) is 5.80. The van der Waals surface area contributed by atoms with Crippen molar-refractivity contribution < 1.29 is 28.7 Å². The molecule has 0 aliphatic carbocycles. The molecule has 0 aliphatic rings. The standard InChI is InChI=1S/C26H41N3O6S/c1-8-18(4)29(24(32)20(16-36)28-25(33)35-26(5,6)7)22(19-13-11-10-12-17(19)3)23(31)27-15-14-21(30)34-9-2/h10-13,18,20,22,36H,8-9,14-16H2,1-7H3,(H,27,31)(H,28,33). The lowest BCUT2D eigenvalue weighted by Crippen LogP contribution is -2.56. The third-order valence-electron chi connectivity index (χ3n) is 5.44. The molecule has 3 unspecified atom stereocenters. The molecule has 3 atom stereocenters. The van der Waals surface area contributed by atoms with Crippen molar-refractivity contribution in [3.05, 3.63) is 35.4 Å². The van der Waals surface area contributed by atoms with Crippen LogP contribution in [-0.2, 0) is 23.9 Å². The lowest BCUT2D eigenvalue weighted by atomic mass is 9.96. The number of hydrogen-bond donors (Lipinski definition) is 3. The monoisotopic (exact) mass is 523 g/mol. The molecule has 0 fully saturated rings. The zero-order chi connectivity index (χ0) is 27.5. The zero-order valence-corrected chi connectivity index (χ0v) is 23.3. The normalized spacial score (nSPS) is 13.7. The molecule has 0 radical (unpaired) electrons. The molecule has 0 saturated carbocycles. The van der Waals surface area contributed by atoms with Crippen LogP contribution in [0.15, 0.2) is 24.3 Å². The Bertz CT molecular complexity index is 902. The van der Waals surface area contributed by atoms with Gasteiger partial charge in [-0.05, 0) is 59.1 Å². The zero-order valence-electron chi connectivity index (χ0n) is 22.4. The van der Waals surface area contributed by atoms with Gasteiger partial charge in [-0.1, -0.05) is 31.2 Å². The maximum atomic E-state index is 13.8. The van der Waals surface area contributed by atoms with Crippen LogP contribution in [0.3, 0.4) is 0 Å². The highest BCUT2D eigenvalue weighted by Crippen LogP contribution is 2.28. The topological polar surface area (TPSA) is 114 Å². The van der Waals surface area contributed by atoms with Crippen LogP contribution in [0.5, 0.6) is 0 Å². The molecular weight excluding hydrogens is 482 g/mol. The maximum Gasteiger partial charge on any atom is 0.408 e. The van der Waals surface area contributed by atoms with Crippen molar-refractivity contribution in [2.75, 3.05) is 18.9 Å². The van der Waals surface area contributed by atoms with Crippen LogP contribution in [0.25, 0.3) is 0 Å². The smallest absolute Gasteiger partial charge is 0.408 e. The number of ether oxygens (including phenoxy) is 2. The van der Waals surface area contributed by atoms with Crippen molar-refractivity contribution in [1.29, 1.82) is 0 Å². The molecule has 0 heterocycles. The Hall–Kier alpha value is -2.75. The second-order valence-electron chi connectivity index (χ2n) is 9.49. The predicted octanol–water partition coefficient (Wildman–Crippen LogP) is 3.56. The van der Waals surface area contributed by atoms with E-state index in [1.165, 1.54) is 4.90 Å². The number of thiol groups is 1. The number of aryl methyl sites for hydroxylation is 1. The molecular formula is C26H41N3O6S. The van der Waals surface area contributed by atoms with Gasteiger partial charge < -0.3 is 25.0 Å². The molecule has 2 N–H and O–H groups in total. The number of alkyl carbamates (subject to hydrolysis) is 1. The van der Waals surface area contributed by atoms with Gasteiger partial charge in [-0.2, -0.15) is 12.6 Å². The molecule has 0 aromatic heterocycles. The van der Waals surface area contributed by atoms with Crippen LogP contribution < -0.4 is 10.6 Å². The van der Waals surface area contributed by atoms with Crippen molar-refractivity contribution in [3.63, 3.8) is 0 Å². The van der Waals surface area contributed by atoms with Gasteiger partial charge >= 0.3 is 12.1 Å². The number of carbonyl (C=O) groups excluding carboxylic acids is 4. The summed E-state index contributed by atoms with van der Waals surface area (Å²) in [5.74, 6) is -1.30. The average molecular weight is 524 g/mol. The second-order valence-corrected chi connectivity index (χ2v) is 9.85. The summed E-state index contributed by atoms with van der Waals surface area (Å²) in [6.45, 7) is 12.8. The van der Waals surface area contributed by atoms with Gasteiger partial charge in [0.1, 0.15) is 17.7 Å². The van der Waals surface area contributed by atoms with E-state index in [4.69, 9.17) is 9.47 Å². The highest BCUT2D eigenvalue weighted by atomic mass is 32.1. The summed E-state index contributed by atoms with van der Waals surface area (Å²) in [6.07, 6.45) is -0.169. The molecule has 1 rings (SSSR count). The molecule has 202 valence electrons. The first-order valence-corrected chi connectivity index (χ1v) is 12.9. The molecule has 0 aliphatic heterocycles. The Balaban J connectivity index is 3.35. The van der Waals surface area contributed by atoms with Gasteiger partial charge in [-0.25, -0.2) is 4.79 Å². The number of benzene rings is 1. The van der Waals surface area contributed by atoms with Crippen molar-refractivity contribution in [2.45, 2.75) is 85.0 Å². The molecule has 10 heteroatoms. The largest absolute Gasteiger partial charge is 0.466 e. The van der Waals surface area contributed by atoms with Crippen LogP contribution in [0.1, 0.15) is 71.6 Å². The number of hydrogen-bond acceptors (Lipinski definition) is 7. The summed E-state index contributed by atoms with van der Waals surface area (Å²) in [4.78, 5) is 53.0. The number of amides is 3. The van der Waals surface area contributed by atoms with Crippen LogP contribution in [0.2, 0.25) is 0 Å². The minimum absolute atomic E-state index is 0.00990. The Kier molecular flexibility index (Phi) is 12.8. The van der Waals surface area contributed by atoms with Gasteiger partial charge in [-0.15, -0.1) is 0 Å².